The van der Waals surface area contributed by atoms with E-state index in [0.29, 0.717) is 0 Å². The normalized spacial score (nSPS) is 12.3. The zero-order valence-electron chi connectivity index (χ0n) is 14.4. The molecular weight excluding hydrogens is 463 g/mol. The number of amides is 1. The van der Waals surface area contributed by atoms with Crippen molar-refractivity contribution in [1.29, 1.82) is 0 Å². The van der Waals surface area contributed by atoms with Crippen LogP contribution in [0.25, 0.3) is 0 Å². The number of nitrogens with zero attached hydrogens (tertiary/aromatic N) is 2. The Bertz CT molecular complexity index is 1090. The highest BCUT2D eigenvalue weighted by atomic mass is 35.5. The molecule has 1 N–H and O–H groups in total. The first-order valence-corrected chi connectivity index (χ1v) is 8.67. The molecule has 160 valence electrons. The number of hydrogen-bond donors (Lipinski definition) is 1. The predicted octanol–water partition coefficient (Wildman–Crippen LogP) is 6.12. The van der Waals surface area contributed by atoms with Gasteiger partial charge in [-0.05, 0) is 30.3 Å². The van der Waals surface area contributed by atoms with Gasteiger partial charge in [-0.1, -0.05) is 23.2 Å². The summed E-state index contributed by atoms with van der Waals surface area (Å²) in [4.78, 5) is 12.2. The van der Waals surface area contributed by atoms with Crippen molar-refractivity contribution < 1.29 is 35.6 Å². The van der Waals surface area contributed by atoms with Crippen molar-refractivity contribution in [2.45, 2.75) is 18.9 Å². The fraction of sp³-hybridized carbons (Fsp3) is 0.176. The van der Waals surface area contributed by atoms with Crippen molar-refractivity contribution in [2.75, 3.05) is 5.32 Å². The van der Waals surface area contributed by atoms with Crippen LogP contribution < -0.4 is 5.32 Å². The molecule has 1 aromatic carbocycles. The summed E-state index contributed by atoms with van der Waals surface area (Å²) in [5, 5.41) is 5.83. The first-order chi connectivity index (χ1) is 13.8. The molecule has 0 spiro atoms. The van der Waals surface area contributed by atoms with Gasteiger partial charge in [0.1, 0.15) is 11.5 Å². The molecule has 3 aromatic rings. The van der Waals surface area contributed by atoms with E-state index in [4.69, 9.17) is 27.6 Å². The molecule has 1 amide bonds. The van der Waals surface area contributed by atoms with E-state index in [-0.39, 0.29) is 38.0 Å². The molecule has 30 heavy (non-hydrogen) atoms. The molecule has 0 bridgehead atoms. The lowest BCUT2D eigenvalue weighted by Crippen LogP contribution is -2.15. The van der Waals surface area contributed by atoms with Crippen LogP contribution in [0.1, 0.15) is 27.7 Å². The SMILES string of the molecule is O=C(Nc1ccc(Cl)c(Cl)c1)c1ccc(Cn2nc(C(F)(F)F)cc2C(F)(F)F)o1. The van der Waals surface area contributed by atoms with Gasteiger partial charge >= 0.3 is 12.4 Å². The Balaban J connectivity index is 1.80. The minimum atomic E-state index is -5.07. The summed E-state index contributed by atoms with van der Waals surface area (Å²) in [6.07, 6.45) is -10.1. The number of rotatable bonds is 4. The Morgan fingerprint density at radius 3 is 2.30 bits per heavy atom. The molecule has 13 heteroatoms. The van der Waals surface area contributed by atoms with Gasteiger partial charge in [0.05, 0.1) is 16.6 Å². The van der Waals surface area contributed by atoms with E-state index in [9.17, 15) is 31.1 Å². The summed E-state index contributed by atoms with van der Waals surface area (Å²) < 4.78 is 82.6. The summed E-state index contributed by atoms with van der Waals surface area (Å²) in [6, 6.07) is 6.46. The second-order valence-corrected chi connectivity index (χ2v) is 6.73. The Morgan fingerprint density at radius 1 is 1.00 bits per heavy atom. The first-order valence-electron chi connectivity index (χ1n) is 7.92. The minimum absolute atomic E-state index is 0.0964. The number of hydrogen-bond acceptors (Lipinski definition) is 3. The van der Waals surface area contributed by atoms with E-state index < -0.39 is 36.2 Å². The topological polar surface area (TPSA) is 60.1 Å². The van der Waals surface area contributed by atoms with E-state index in [1.165, 1.54) is 18.2 Å². The van der Waals surface area contributed by atoms with Crippen LogP contribution in [-0.2, 0) is 18.9 Å². The van der Waals surface area contributed by atoms with Gasteiger partial charge in [0.15, 0.2) is 11.5 Å². The zero-order valence-corrected chi connectivity index (χ0v) is 15.9. The maximum absolute atomic E-state index is 13.0. The quantitative estimate of drug-likeness (QED) is 0.466. The van der Waals surface area contributed by atoms with E-state index >= 15 is 0 Å². The summed E-state index contributed by atoms with van der Waals surface area (Å²) >= 11 is 11.6. The van der Waals surface area contributed by atoms with Crippen molar-refractivity contribution >= 4 is 34.8 Å². The van der Waals surface area contributed by atoms with Crippen LogP contribution in [-0.4, -0.2) is 15.7 Å². The number of nitrogens with one attached hydrogen (secondary N) is 1. The van der Waals surface area contributed by atoms with Crippen LogP contribution in [0.2, 0.25) is 10.0 Å². The van der Waals surface area contributed by atoms with Crippen molar-refractivity contribution in [3.05, 3.63) is 69.4 Å². The number of halogens is 8. The fourth-order valence-electron chi connectivity index (χ4n) is 2.40. The Hall–Kier alpha value is -2.66. The first kappa shape index (κ1) is 22.0. The highest BCUT2D eigenvalue weighted by Crippen LogP contribution is 2.35. The van der Waals surface area contributed by atoms with Crippen LogP contribution in [0.3, 0.4) is 0 Å². The third-order valence-corrected chi connectivity index (χ3v) is 4.47. The van der Waals surface area contributed by atoms with Crippen molar-refractivity contribution in [3.63, 3.8) is 0 Å². The Kier molecular flexibility index (Phi) is 5.79. The summed E-state index contributed by atoms with van der Waals surface area (Å²) in [7, 11) is 0. The molecule has 0 saturated carbocycles. The molecule has 0 fully saturated rings. The van der Waals surface area contributed by atoms with Crippen molar-refractivity contribution in [2.24, 2.45) is 0 Å². The lowest BCUT2D eigenvalue weighted by Gasteiger charge is -2.08. The molecule has 0 saturated heterocycles. The third-order valence-electron chi connectivity index (χ3n) is 3.73. The number of aromatic nitrogens is 2. The molecule has 0 radical (unpaired) electrons. The highest BCUT2D eigenvalue weighted by molar-refractivity contribution is 6.42. The largest absolute Gasteiger partial charge is 0.454 e. The molecule has 5 nitrogen and oxygen atoms in total. The lowest BCUT2D eigenvalue weighted by atomic mass is 10.3. The van der Waals surface area contributed by atoms with Gasteiger partial charge < -0.3 is 9.73 Å². The molecular formula is C17H9Cl2F6N3O2. The van der Waals surface area contributed by atoms with Gasteiger partial charge in [0, 0.05) is 11.8 Å². The van der Waals surface area contributed by atoms with Crippen LogP contribution in [0.4, 0.5) is 32.0 Å². The second-order valence-electron chi connectivity index (χ2n) is 5.92. The van der Waals surface area contributed by atoms with Gasteiger partial charge in [-0.3, -0.25) is 9.48 Å². The van der Waals surface area contributed by atoms with Gasteiger partial charge in [0.2, 0.25) is 0 Å². The fourth-order valence-corrected chi connectivity index (χ4v) is 2.70. The number of carbonyl (C=O) groups excluding carboxylic acids is 1. The number of benzene rings is 1. The summed E-state index contributed by atoms with van der Waals surface area (Å²) in [5.74, 6) is -1.25. The Morgan fingerprint density at radius 2 is 1.70 bits per heavy atom. The average Bonchev–Trinajstić information content (AvgIpc) is 3.25. The van der Waals surface area contributed by atoms with Crippen LogP contribution in [0.5, 0.6) is 0 Å². The average molecular weight is 472 g/mol. The molecule has 2 heterocycles. The van der Waals surface area contributed by atoms with Gasteiger partial charge in [-0.15, -0.1) is 0 Å². The third kappa shape index (κ3) is 4.90. The predicted molar refractivity (Wildman–Crippen MR) is 94.5 cm³/mol. The van der Waals surface area contributed by atoms with Crippen LogP contribution >= 0.6 is 23.2 Å². The van der Waals surface area contributed by atoms with E-state index in [2.05, 4.69) is 10.4 Å². The van der Waals surface area contributed by atoms with Gasteiger partial charge in [-0.25, -0.2) is 0 Å². The molecule has 0 aliphatic rings. The molecule has 0 atom stereocenters. The van der Waals surface area contributed by atoms with Crippen LogP contribution in [0, 0.1) is 0 Å². The monoisotopic (exact) mass is 471 g/mol. The van der Waals surface area contributed by atoms with E-state index in [0.717, 1.165) is 12.1 Å². The van der Waals surface area contributed by atoms with Crippen LogP contribution in [0.15, 0.2) is 40.8 Å². The number of alkyl halides is 6. The van der Waals surface area contributed by atoms with Crippen molar-refractivity contribution in [3.8, 4) is 0 Å². The standard InChI is InChI=1S/C17H9Cl2F6N3O2/c18-10-3-1-8(5-11(10)19)26-15(29)12-4-2-9(30-12)7-28-14(17(23,24)25)6-13(27-28)16(20,21)22/h1-6H,7H2,(H,26,29). The van der Waals surface area contributed by atoms with E-state index in [1.807, 2.05) is 0 Å². The molecule has 0 aliphatic carbocycles. The Labute approximate surface area is 174 Å². The number of carbonyl (C=O) groups is 1. The zero-order chi connectivity index (χ0) is 22.3. The second kappa shape index (κ2) is 7.88. The molecule has 0 unspecified atom stereocenters. The van der Waals surface area contributed by atoms with Gasteiger partial charge in [0.25, 0.3) is 5.91 Å². The maximum Gasteiger partial charge on any atom is 0.435 e. The lowest BCUT2D eigenvalue weighted by molar-refractivity contribution is -0.144. The molecule has 2 aromatic heterocycles. The summed E-state index contributed by atoms with van der Waals surface area (Å²) in [5.41, 5.74) is -3.03. The van der Waals surface area contributed by atoms with Crippen molar-refractivity contribution in [1.82, 2.24) is 9.78 Å². The molecule has 3 rings (SSSR count). The maximum atomic E-state index is 13.0. The summed E-state index contributed by atoms with van der Waals surface area (Å²) in [6.45, 7) is -0.773. The minimum Gasteiger partial charge on any atom is -0.454 e. The highest BCUT2D eigenvalue weighted by Gasteiger charge is 2.42. The molecule has 0 aliphatic heterocycles. The number of furan rings is 1. The smallest absolute Gasteiger partial charge is 0.435 e. The number of anilines is 1. The van der Waals surface area contributed by atoms with E-state index in [1.54, 1.807) is 0 Å². The van der Waals surface area contributed by atoms with Gasteiger partial charge in [-0.2, -0.15) is 31.4 Å².